The Hall–Kier alpha value is -2.34. The lowest BCUT2D eigenvalue weighted by Gasteiger charge is -2.09. The Labute approximate surface area is 148 Å². The molecule has 0 saturated carbocycles. The highest BCUT2D eigenvalue weighted by molar-refractivity contribution is 7.90. The summed E-state index contributed by atoms with van der Waals surface area (Å²) in [6, 6.07) is 16.5. The maximum Gasteiger partial charge on any atom is 0.257 e. The topological polar surface area (TPSA) is 72.5 Å². The average Bonchev–Trinajstić information content (AvgIpc) is 2.58. The summed E-state index contributed by atoms with van der Waals surface area (Å²) in [5.41, 5.74) is 1.74. The lowest BCUT2D eigenvalue weighted by molar-refractivity contribution is -0.123. The Balaban J connectivity index is 1.66. The van der Waals surface area contributed by atoms with Crippen molar-refractivity contribution in [2.24, 2.45) is 0 Å². The van der Waals surface area contributed by atoms with Gasteiger partial charge in [0.2, 0.25) is 0 Å². The number of ether oxygens (including phenoxy) is 1. The molecule has 0 spiro atoms. The van der Waals surface area contributed by atoms with Crippen LogP contribution in [0.4, 0.5) is 0 Å². The number of hydrogen-bond acceptors (Lipinski definition) is 4. The number of nitrogens with one attached hydrogen (secondary N) is 1. The first-order valence-corrected chi connectivity index (χ1v) is 9.98. The third-order valence-electron chi connectivity index (χ3n) is 3.64. The molecule has 0 fully saturated rings. The molecule has 2 aromatic carbocycles. The molecule has 2 rings (SSSR count). The molecule has 0 atom stereocenters. The van der Waals surface area contributed by atoms with Gasteiger partial charge >= 0.3 is 0 Å². The van der Waals surface area contributed by atoms with E-state index in [9.17, 15) is 13.2 Å². The first-order chi connectivity index (χ1) is 12.0. The van der Waals surface area contributed by atoms with Crippen molar-refractivity contribution in [2.75, 3.05) is 18.9 Å². The van der Waals surface area contributed by atoms with E-state index in [1.165, 1.54) is 0 Å². The molecule has 134 valence electrons. The van der Waals surface area contributed by atoms with Gasteiger partial charge in [0, 0.05) is 6.54 Å². The molecule has 0 saturated heterocycles. The highest BCUT2D eigenvalue weighted by Crippen LogP contribution is 2.15. The predicted molar refractivity (Wildman–Crippen MR) is 98.2 cm³/mol. The molecule has 5 nitrogen and oxygen atoms in total. The zero-order chi connectivity index (χ0) is 18.1. The molecular formula is C19H23NO4S. The van der Waals surface area contributed by atoms with Gasteiger partial charge in [0.25, 0.3) is 5.91 Å². The van der Waals surface area contributed by atoms with Crippen LogP contribution in [0.25, 0.3) is 0 Å². The molecule has 0 aliphatic rings. The van der Waals surface area contributed by atoms with Gasteiger partial charge in [-0.05, 0) is 30.5 Å². The van der Waals surface area contributed by atoms with Crippen LogP contribution < -0.4 is 10.1 Å². The van der Waals surface area contributed by atoms with Gasteiger partial charge in [-0.25, -0.2) is 8.42 Å². The minimum Gasteiger partial charge on any atom is -0.484 e. The van der Waals surface area contributed by atoms with Gasteiger partial charge in [-0.3, -0.25) is 4.79 Å². The minimum absolute atomic E-state index is 0.0260. The summed E-state index contributed by atoms with van der Waals surface area (Å²) in [6.45, 7) is 2.14. The lowest BCUT2D eigenvalue weighted by atomic mass is 10.2. The predicted octanol–water partition coefficient (Wildman–Crippen LogP) is 2.50. The lowest BCUT2D eigenvalue weighted by Crippen LogP contribution is -2.30. The Morgan fingerprint density at radius 1 is 1.04 bits per heavy atom. The van der Waals surface area contributed by atoms with Crippen LogP contribution in [0.15, 0.2) is 54.6 Å². The molecule has 6 heteroatoms. The molecule has 0 aliphatic heterocycles. The van der Waals surface area contributed by atoms with Crippen LogP contribution in [0.5, 0.6) is 5.75 Å². The van der Waals surface area contributed by atoms with Crippen LogP contribution in [-0.4, -0.2) is 33.2 Å². The zero-order valence-electron chi connectivity index (χ0n) is 14.3. The summed E-state index contributed by atoms with van der Waals surface area (Å²) < 4.78 is 29.6. The number of aryl methyl sites for hydroxylation is 1. The van der Waals surface area contributed by atoms with Gasteiger partial charge in [-0.2, -0.15) is 0 Å². The van der Waals surface area contributed by atoms with Crippen LogP contribution in [-0.2, 0) is 20.4 Å². The molecule has 25 heavy (non-hydrogen) atoms. The first-order valence-electron chi connectivity index (χ1n) is 8.16. The Kier molecular flexibility index (Phi) is 7.01. The van der Waals surface area contributed by atoms with Gasteiger partial charge in [-0.15, -0.1) is 0 Å². The summed E-state index contributed by atoms with van der Waals surface area (Å²) in [5.74, 6) is 0.478. The number of rotatable bonds is 9. The maximum absolute atomic E-state index is 12.1. The van der Waals surface area contributed by atoms with Gasteiger partial charge in [0.05, 0.1) is 11.5 Å². The smallest absolute Gasteiger partial charge is 0.257 e. The fourth-order valence-corrected chi connectivity index (χ4v) is 3.76. The van der Waals surface area contributed by atoms with E-state index < -0.39 is 9.84 Å². The summed E-state index contributed by atoms with van der Waals surface area (Å²) >= 11 is 0. The number of carbonyl (C=O) groups excluding carboxylic acids is 1. The van der Waals surface area contributed by atoms with Gasteiger partial charge in [0.15, 0.2) is 16.4 Å². The highest BCUT2D eigenvalue weighted by Gasteiger charge is 2.12. The second kappa shape index (κ2) is 9.22. The number of para-hydroxylation sites is 1. The third kappa shape index (κ3) is 6.97. The van der Waals surface area contributed by atoms with E-state index in [4.69, 9.17) is 4.74 Å². The van der Waals surface area contributed by atoms with E-state index in [-0.39, 0.29) is 24.0 Å². The molecule has 0 radical (unpaired) electrons. The normalized spacial score (nSPS) is 11.1. The van der Waals surface area contributed by atoms with Gasteiger partial charge in [-0.1, -0.05) is 48.5 Å². The highest BCUT2D eigenvalue weighted by atomic mass is 32.2. The van der Waals surface area contributed by atoms with Crippen molar-refractivity contribution >= 4 is 15.7 Å². The van der Waals surface area contributed by atoms with Crippen molar-refractivity contribution < 1.29 is 17.9 Å². The molecule has 0 aliphatic carbocycles. The van der Waals surface area contributed by atoms with Gasteiger partial charge in [0.1, 0.15) is 5.75 Å². The summed E-state index contributed by atoms with van der Waals surface area (Å²) in [7, 11) is -3.18. The largest absolute Gasteiger partial charge is 0.484 e. The quantitative estimate of drug-likeness (QED) is 0.697. The van der Waals surface area contributed by atoms with Gasteiger partial charge < -0.3 is 10.1 Å². The van der Waals surface area contributed by atoms with Crippen molar-refractivity contribution in [2.45, 2.75) is 19.1 Å². The molecule has 0 heterocycles. The second-order valence-corrected chi connectivity index (χ2v) is 8.02. The number of hydrogen-bond donors (Lipinski definition) is 1. The van der Waals surface area contributed by atoms with Crippen LogP contribution in [0.1, 0.15) is 17.5 Å². The number of carbonyl (C=O) groups is 1. The summed E-state index contributed by atoms with van der Waals surface area (Å²) in [6.07, 6.45) is 0.380. The van der Waals surface area contributed by atoms with Crippen LogP contribution in [0, 0.1) is 6.92 Å². The molecule has 1 N–H and O–H groups in total. The third-order valence-corrected chi connectivity index (χ3v) is 5.32. The van der Waals surface area contributed by atoms with Crippen molar-refractivity contribution in [3.05, 3.63) is 65.7 Å². The fourth-order valence-electron chi connectivity index (χ4n) is 2.33. The number of benzene rings is 2. The SMILES string of the molecule is Cc1ccccc1OCC(=O)NCCCS(=O)(=O)Cc1ccccc1. The molecule has 2 aromatic rings. The summed E-state index contributed by atoms with van der Waals surface area (Å²) in [4.78, 5) is 11.8. The average molecular weight is 361 g/mol. The maximum atomic E-state index is 12.1. The minimum atomic E-state index is -3.18. The molecule has 0 aromatic heterocycles. The monoisotopic (exact) mass is 361 g/mol. The van der Waals surface area contributed by atoms with Crippen molar-refractivity contribution in [3.8, 4) is 5.75 Å². The molecule has 1 amide bonds. The van der Waals surface area contributed by atoms with Crippen LogP contribution in [0.3, 0.4) is 0 Å². The van der Waals surface area contributed by atoms with E-state index in [1.807, 2.05) is 43.3 Å². The summed E-state index contributed by atoms with van der Waals surface area (Å²) in [5, 5.41) is 2.68. The van der Waals surface area contributed by atoms with E-state index in [0.29, 0.717) is 18.7 Å². The first kappa shape index (κ1) is 19.0. The van der Waals surface area contributed by atoms with E-state index in [2.05, 4.69) is 5.32 Å². The van der Waals surface area contributed by atoms with E-state index >= 15 is 0 Å². The fraction of sp³-hybridized carbons (Fsp3) is 0.316. The van der Waals surface area contributed by atoms with Crippen molar-refractivity contribution in [1.29, 1.82) is 0 Å². The van der Waals surface area contributed by atoms with Crippen molar-refractivity contribution in [1.82, 2.24) is 5.32 Å². The molecule has 0 unspecified atom stereocenters. The number of sulfone groups is 1. The Morgan fingerprint density at radius 3 is 2.44 bits per heavy atom. The van der Waals surface area contributed by atoms with Crippen LogP contribution >= 0.6 is 0 Å². The number of amides is 1. The second-order valence-electron chi connectivity index (χ2n) is 5.84. The van der Waals surface area contributed by atoms with E-state index in [0.717, 1.165) is 11.1 Å². The van der Waals surface area contributed by atoms with Crippen LogP contribution in [0.2, 0.25) is 0 Å². The Morgan fingerprint density at radius 2 is 1.72 bits per heavy atom. The molecular weight excluding hydrogens is 338 g/mol. The zero-order valence-corrected chi connectivity index (χ0v) is 15.1. The molecule has 0 bridgehead atoms. The van der Waals surface area contributed by atoms with Crippen molar-refractivity contribution in [3.63, 3.8) is 0 Å². The Bertz CT molecular complexity index is 788. The standard InChI is InChI=1S/C19H23NO4S/c1-16-8-5-6-11-18(16)24-14-19(21)20-12-7-13-25(22,23)15-17-9-3-2-4-10-17/h2-6,8-11H,7,12-15H2,1H3,(H,20,21). The van der Waals surface area contributed by atoms with E-state index in [1.54, 1.807) is 18.2 Å².